The van der Waals surface area contributed by atoms with Crippen LogP contribution < -0.4 is 11.1 Å². The van der Waals surface area contributed by atoms with Crippen molar-refractivity contribution in [2.45, 2.75) is 24.3 Å². The van der Waals surface area contributed by atoms with Crippen LogP contribution in [-0.4, -0.2) is 21.9 Å². The quantitative estimate of drug-likeness (QED) is 0.246. The lowest BCUT2D eigenvalue weighted by molar-refractivity contribution is 0.102. The second-order valence-corrected chi connectivity index (χ2v) is 10.7. The van der Waals surface area contributed by atoms with Crippen LogP contribution in [0.4, 0.5) is 15.8 Å². The van der Waals surface area contributed by atoms with Gasteiger partial charge in [0, 0.05) is 16.2 Å². The molecule has 1 aliphatic heterocycles. The summed E-state index contributed by atoms with van der Waals surface area (Å²) < 4.78 is 31.4. The Morgan fingerprint density at radius 2 is 1.83 bits per heavy atom. The summed E-state index contributed by atoms with van der Waals surface area (Å²) in [6.07, 6.45) is 11.3. The molecule has 0 saturated carbocycles. The Morgan fingerprint density at radius 3 is 2.50 bits per heavy atom. The predicted octanol–water partition coefficient (Wildman–Crippen LogP) is 6.06. The first-order valence-corrected chi connectivity index (χ1v) is 13.1. The lowest BCUT2D eigenvalue weighted by Crippen LogP contribution is -2.13. The largest absolute Gasteiger partial charge is 0.397 e. The van der Waals surface area contributed by atoms with E-state index in [2.05, 4.69) is 15.6 Å². The number of hydrogen-bond acceptors (Lipinski definition) is 4. The molecule has 3 N–H and O–H groups in total. The number of carbonyl (C=O) groups excluding carboxylic acids is 1. The molecule has 1 heterocycles. The van der Waals surface area contributed by atoms with Crippen molar-refractivity contribution in [1.29, 1.82) is 0 Å². The van der Waals surface area contributed by atoms with Gasteiger partial charge in [0.2, 0.25) is 0 Å². The van der Waals surface area contributed by atoms with Crippen molar-refractivity contribution < 1.29 is 13.4 Å². The van der Waals surface area contributed by atoms with E-state index < -0.39 is 9.73 Å². The Morgan fingerprint density at radius 1 is 1.14 bits per heavy atom. The minimum Gasteiger partial charge on any atom is -0.397 e. The van der Waals surface area contributed by atoms with Gasteiger partial charge in [-0.25, -0.2) is 13.0 Å². The Balaban J connectivity index is 1.52. The molecule has 0 fully saturated rings. The maximum Gasteiger partial charge on any atom is 0.255 e. The second kappa shape index (κ2) is 10.6. The molecule has 0 saturated heterocycles. The molecule has 182 valence electrons. The minimum atomic E-state index is -2.59. The van der Waals surface area contributed by atoms with Gasteiger partial charge in [0.1, 0.15) is 5.82 Å². The van der Waals surface area contributed by atoms with Crippen LogP contribution in [0, 0.1) is 18.2 Å². The number of nitrogens with one attached hydrogen (secondary N) is 1. The van der Waals surface area contributed by atoms with Gasteiger partial charge in [-0.2, -0.15) is 0 Å². The molecule has 1 amide bonds. The van der Waals surface area contributed by atoms with Crippen molar-refractivity contribution in [2.24, 2.45) is 4.36 Å². The standard InChI is InChI=1S/C29H26FN3O2S/c1-3-5-6-20(4-2)27-17-18-36(35,33-27)25-14-9-22(10-15-25)29(34)32-28-19-23(11-16-26(28)31)21-7-12-24(30)13-8-21/h1,4-16,19,27H,17-18,31H2,2H3,(H,32,34)/b6-5-,20-4+/t27-,36?/m1/s1. The zero-order chi connectivity index (χ0) is 25.7. The molecule has 0 spiro atoms. The number of anilines is 2. The molecule has 5 nitrogen and oxygen atoms in total. The van der Waals surface area contributed by atoms with E-state index >= 15 is 0 Å². The molecule has 1 unspecified atom stereocenters. The molecular weight excluding hydrogens is 473 g/mol. The Hall–Kier alpha value is -4.15. The summed E-state index contributed by atoms with van der Waals surface area (Å²) in [5, 5.41) is 2.83. The number of carbonyl (C=O) groups is 1. The highest BCUT2D eigenvalue weighted by Crippen LogP contribution is 2.30. The predicted molar refractivity (Wildman–Crippen MR) is 144 cm³/mol. The van der Waals surface area contributed by atoms with E-state index in [-0.39, 0.29) is 17.8 Å². The topological polar surface area (TPSA) is 84.5 Å². The summed E-state index contributed by atoms with van der Waals surface area (Å²) in [5.74, 6) is 2.23. The van der Waals surface area contributed by atoms with Crippen LogP contribution in [0.5, 0.6) is 0 Å². The Bertz CT molecular complexity index is 1510. The van der Waals surface area contributed by atoms with Crippen LogP contribution in [0.15, 0.2) is 99.8 Å². The van der Waals surface area contributed by atoms with Gasteiger partial charge in [0.25, 0.3) is 5.91 Å². The average molecular weight is 500 g/mol. The van der Waals surface area contributed by atoms with Crippen LogP contribution in [0.2, 0.25) is 0 Å². The normalized spacial score (nSPS) is 19.6. The minimum absolute atomic E-state index is 0.175. The third kappa shape index (κ3) is 5.40. The Kier molecular flexibility index (Phi) is 7.37. The summed E-state index contributed by atoms with van der Waals surface area (Å²) in [6.45, 7) is 1.90. The van der Waals surface area contributed by atoms with Gasteiger partial charge in [-0.05, 0) is 90.7 Å². The molecule has 0 radical (unpaired) electrons. The van der Waals surface area contributed by atoms with Crippen molar-refractivity contribution >= 4 is 27.0 Å². The average Bonchev–Trinajstić information content (AvgIpc) is 3.29. The van der Waals surface area contributed by atoms with Gasteiger partial charge < -0.3 is 11.1 Å². The maximum atomic E-state index is 13.5. The summed E-state index contributed by atoms with van der Waals surface area (Å²) in [4.78, 5) is 13.5. The van der Waals surface area contributed by atoms with E-state index in [1.54, 1.807) is 54.6 Å². The first-order valence-electron chi connectivity index (χ1n) is 11.4. The van der Waals surface area contributed by atoms with Crippen LogP contribution >= 0.6 is 0 Å². The van der Waals surface area contributed by atoms with Crippen molar-refractivity contribution in [3.05, 3.63) is 102 Å². The lowest BCUT2D eigenvalue weighted by Gasteiger charge is -2.11. The number of nitrogens with two attached hydrogens (primary N) is 1. The van der Waals surface area contributed by atoms with Crippen molar-refractivity contribution in [2.75, 3.05) is 16.8 Å². The van der Waals surface area contributed by atoms with E-state index in [0.29, 0.717) is 34.0 Å². The molecule has 7 heteroatoms. The van der Waals surface area contributed by atoms with E-state index in [0.717, 1.165) is 16.7 Å². The number of hydrogen-bond donors (Lipinski definition) is 2. The molecule has 2 atom stereocenters. The fourth-order valence-corrected chi connectivity index (χ4v) is 6.24. The molecule has 36 heavy (non-hydrogen) atoms. The highest BCUT2D eigenvalue weighted by molar-refractivity contribution is 7.93. The monoisotopic (exact) mass is 499 g/mol. The van der Waals surface area contributed by atoms with E-state index in [1.165, 1.54) is 12.1 Å². The molecular formula is C29H26FN3O2S. The zero-order valence-electron chi connectivity index (χ0n) is 19.8. The number of allylic oxidation sites excluding steroid dienone is 2. The van der Waals surface area contributed by atoms with Crippen LogP contribution in [-0.2, 0) is 9.73 Å². The van der Waals surface area contributed by atoms with E-state index in [1.807, 2.05) is 25.1 Å². The smallest absolute Gasteiger partial charge is 0.255 e. The molecule has 0 bridgehead atoms. The number of benzene rings is 3. The Labute approximate surface area is 211 Å². The zero-order valence-corrected chi connectivity index (χ0v) is 20.6. The fraction of sp³-hybridized carbons (Fsp3) is 0.138. The third-order valence-electron chi connectivity index (χ3n) is 6.02. The summed E-state index contributed by atoms with van der Waals surface area (Å²) >= 11 is 0. The number of amides is 1. The first kappa shape index (κ1) is 25.0. The maximum absolute atomic E-state index is 13.5. The van der Waals surface area contributed by atoms with Gasteiger partial charge in [0.05, 0.1) is 27.1 Å². The lowest BCUT2D eigenvalue weighted by atomic mass is 10.0. The summed E-state index contributed by atoms with van der Waals surface area (Å²) in [7, 11) is -2.59. The second-order valence-electron chi connectivity index (χ2n) is 8.33. The summed E-state index contributed by atoms with van der Waals surface area (Å²) in [5.41, 5.74) is 9.86. The first-order chi connectivity index (χ1) is 17.3. The SMILES string of the molecule is C#C/C=C\C(=C/C)[C@H]1CCS(=O)(c2ccc(C(=O)Nc3cc(-c4ccc(F)cc4)ccc3N)cc2)=N1. The van der Waals surface area contributed by atoms with Gasteiger partial charge in [-0.1, -0.05) is 30.2 Å². The highest BCUT2D eigenvalue weighted by Gasteiger charge is 2.26. The number of rotatable bonds is 6. The third-order valence-corrected chi connectivity index (χ3v) is 8.41. The van der Waals surface area contributed by atoms with Gasteiger partial charge >= 0.3 is 0 Å². The number of halogens is 1. The fourth-order valence-electron chi connectivity index (χ4n) is 4.03. The number of nitrogens with zero attached hydrogens (tertiary/aromatic N) is 1. The van der Waals surface area contributed by atoms with E-state index in [4.69, 9.17) is 12.2 Å². The van der Waals surface area contributed by atoms with Gasteiger partial charge in [-0.3, -0.25) is 4.79 Å². The van der Waals surface area contributed by atoms with Crippen LogP contribution in [0.3, 0.4) is 0 Å². The molecule has 1 aliphatic rings. The van der Waals surface area contributed by atoms with Crippen LogP contribution in [0.1, 0.15) is 23.7 Å². The summed E-state index contributed by atoms with van der Waals surface area (Å²) in [6, 6.07) is 17.8. The number of nitrogen functional groups attached to an aromatic ring is 1. The van der Waals surface area contributed by atoms with Crippen LogP contribution in [0.25, 0.3) is 11.1 Å². The molecule has 0 aromatic heterocycles. The molecule has 0 aliphatic carbocycles. The highest BCUT2D eigenvalue weighted by atomic mass is 32.2. The molecule has 4 rings (SSSR count). The van der Waals surface area contributed by atoms with Gasteiger partial charge in [-0.15, -0.1) is 6.42 Å². The molecule has 3 aromatic rings. The van der Waals surface area contributed by atoms with Crippen molar-refractivity contribution in [3.63, 3.8) is 0 Å². The van der Waals surface area contributed by atoms with Crippen molar-refractivity contribution in [1.82, 2.24) is 0 Å². The number of terminal acetylenes is 1. The van der Waals surface area contributed by atoms with E-state index in [9.17, 15) is 13.4 Å². The van der Waals surface area contributed by atoms with Gasteiger partial charge in [0.15, 0.2) is 0 Å². The van der Waals surface area contributed by atoms with Crippen molar-refractivity contribution in [3.8, 4) is 23.5 Å². The molecule has 3 aromatic carbocycles.